The van der Waals surface area contributed by atoms with Crippen molar-refractivity contribution < 1.29 is 9.53 Å². The molecule has 24 heavy (non-hydrogen) atoms. The fourth-order valence-corrected chi connectivity index (χ4v) is 3.97. The normalized spacial score (nSPS) is 22.4. The zero-order valence-corrected chi connectivity index (χ0v) is 15.3. The Morgan fingerprint density at radius 1 is 1.17 bits per heavy atom. The maximum Gasteiger partial charge on any atom is 0.226 e. The van der Waals surface area contributed by atoms with Crippen LogP contribution in [0.1, 0.15) is 25.7 Å². The lowest BCUT2D eigenvalue weighted by molar-refractivity contribution is -0.137. The summed E-state index contributed by atoms with van der Waals surface area (Å²) >= 11 is 12.0. The first-order valence-electron chi connectivity index (χ1n) is 8.70. The average Bonchev–Trinajstić information content (AvgIpc) is 2.60. The monoisotopic (exact) mass is 370 g/mol. The van der Waals surface area contributed by atoms with E-state index in [1.807, 2.05) is 4.90 Å². The largest absolute Gasteiger partial charge is 0.493 e. The highest BCUT2D eigenvalue weighted by Gasteiger charge is 2.29. The van der Waals surface area contributed by atoms with Crippen LogP contribution in [0.4, 0.5) is 0 Å². The molecule has 1 aromatic carbocycles. The van der Waals surface area contributed by atoms with Crippen molar-refractivity contribution in [2.24, 2.45) is 11.8 Å². The average molecular weight is 371 g/mol. The smallest absolute Gasteiger partial charge is 0.226 e. The zero-order chi connectivity index (χ0) is 16.9. The molecule has 0 spiro atoms. The Kier molecular flexibility index (Phi) is 6.25. The standard InChI is InChI=1S/C18H24Cl2N2O2/c19-15-8-16(20)10-17(9-15)24-12-13-3-6-22(7-4-13)18(23)14-2-1-5-21-11-14/h8-10,13-14,21H,1-7,11-12H2. The van der Waals surface area contributed by atoms with Gasteiger partial charge in [-0.15, -0.1) is 0 Å². The van der Waals surface area contributed by atoms with E-state index in [4.69, 9.17) is 27.9 Å². The van der Waals surface area contributed by atoms with Gasteiger partial charge in [0.2, 0.25) is 5.91 Å². The molecule has 0 aromatic heterocycles. The van der Waals surface area contributed by atoms with Gasteiger partial charge in [-0.25, -0.2) is 0 Å². The van der Waals surface area contributed by atoms with Crippen molar-refractivity contribution in [1.29, 1.82) is 0 Å². The van der Waals surface area contributed by atoms with Gasteiger partial charge in [0.15, 0.2) is 0 Å². The summed E-state index contributed by atoms with van der Waals surface area (Å²) in [5, 5.41) is 4.49. The molecule has 1 aromatic rings. The van der Waals surface area contributed by atoms with Crippen LogP contribution in [-0.4, -0.2) is 43.6 Å². The third-order valence-corrected chi connectivity index (χ3v) is 5.33. The minimum atomic E-state index is 0.167. The lowest BCUT2D eigenvalue weighted by Crippen LogP contribution is -2.46. The van der Waals surface area contributed by atoms with Crippen LogP contribution in [0, 0.1) is 11.8 Å². The molecule has 132 valence electrons. The molecular formula is C18H24Cl2N2O2. The van der Waals surface area contributed by atoms with Crippen molar-refractivity contribution in [1.82, 2.24) is 10.2 Å². The Bertz CT molecular complexity index is 548. The number of likely N-dealkylation sites (tertiary alicyclic amines) is 1. The molecule has 3 rings (SSSR count). The third-order valence-electron chi connectivity index (χ3n) is 4.89. The summed E-state index contributed by atoms with van der Waals surface area (Å²) in [7, 11) is 0. The molecule has 2 aliphatic heterocycles. The lowest BCUT2D eigenvalue weighted by Gasteiger charge is -2.35. The number of nitrogens with one attached hydrogen (secondary N) is 1. The van der Waals surface area contributed by atoms with E-state index in [1.54, 1.807) is 18.2 Å². The molecule has 2 heterocycles. The molecule has 0 aliphatic carbocycles. The van der Waals surface area contributed by atoms with Gasteiger partial charge < -0.3 is 15.0 Å². The number of halogens is 2. The van der Waals surface area contributed by atoms with Crippen molar-refractivity contribution in [2.45, 2.75) is 25.7 Å². The van der Waals surface area contributed by atoms with E-state index >= 15 is 0 Å². The van der Waals surface area contributed by atoms with E-state index in [9.17, 15) is 4.79 Å². The van der Waals surface area contributed by atoms with Gasteiger partial charge in [0.1, 0.15) is 5.75 Å². The van der Waals surface area contributed by atoms with E-state index in [2.05, 4.69) is 5.32 Å². The van der Waals surface area contributed by atoms with Gasteiger partial charge >= 0.3 is 0 Å². The zero-order valence-electron chi connectivity index (χ0n) is 13.8. The number of hydrogen-bond acceptors (Lipinski definition) is 3. The summed E-state index contributed by atoms with van der Waals surface area (Å²) < 4.78 is 5.84. The van der Waals surface area contributed by atoms with Crippen LogP contribution in [0.15, 0.2) is 18.2 Å². The summed E-state index contributed by atoms with van der Waals surface area (Å²) in [6, 6.07) is 5.25. The van der Waals surface area contributed by atoms with Crippen LogP contribution in [0.3, 0.4) is 0 Å². The minimum absolute atomic E-state index is 0.167. The fourth-order valence-electron chi connectivity index (χ4n) is 3.47. The van der Waals surface area contributed by atoms with Crippen molar-refractivity contribution in [3.8, 4) is 5.75 Å². The quantitative estimate of drug-likeness (QED) is 0.879. The van der Waals surface area contributed by atoms with Crippen LogP contribution in [-0.2, 0) is 4.79 Å². The number of piperidine rings is 2. The van der Waals surface area contributed by atoms with E-state index in [0.29, 0.717) is 34.2 Å². The molecule has 0 saturated carbocycles. The Hall–Kier alpha value is -0.970. The third kappa shape index (κ3) is 4.78. The van der Waals surface area contributed by atoms with Crippen LogP contribution >= 0.6 is 23.2 Å². The number of carbonyl (C=O) groups is 1. The SMILES string of the molecule is O=C(C1CCCNC1)N1CCC(COc2cc(Cl)cc(Cl)c2)CC1. The van der Waals surface area contributed by atoms with Crippen LogP contribution < -0.4 is 10.1 Å². The molecule has 0 bridgehead atoms. The molecule has 6 heteroatoms. The van der Waals surface area contributed by atoms with Gasteiger partial charge in [-0.05, 0) is 56.3 Å². The molecule has 0 radical (unpaired) electrons. The number of benzene rings is 1. The number of nitrogens with zero attached hydrogens (tertiary/aromatic N) is 1. The fraction of sp³-hybridized carbons (Fsp3) is 0.611. The second-order valence-corrected chi connectivity index (χ2v) is 7.60. The number of hydrogen-bond donors (Lipinski definition) is 1. The molecular weight excluding hydrogens is 347 g/mol. The molecule has 1 N–H and O–H groups in total. The van der Waals surface area contributed by atoms with Crippen molar-refractivity contribution in [3.63, 3.8) is 0 Å². The molecule has 1 amide bonds. The van der Waals surface area contributed by atoms with Gasteiger partial charge in [0, 0.05) is 29.7 Å². The predicted octanol–water partition coefficient (Wildman–Crippen LogP) is 3.61. The highest BCUT2D eigenvalue weighted by Crippen LogP contribution is 2.26. The van der Waals surface area contributed by atoms with Gasteiger partial charge in [0.05, 0.1) is 12.5 Å². The van der Waals surface area contributed by atoms with Gasteiger partial charge in [-0.3, -0.25) is 4.79 Å². The minimum Gasteiger partial charge on any atom is -0.493 e. The summed E-state index contributed by atoms with van der Waals surface area (Å²) in [5.74, 6) is 1.67. The number of ether oxygens (including phenoxy) is 1. The van der Waals surface area contributed by atoms with E-state index in [-0.39, 0.29) is 5.92 Å². The van der Waals surface area contributed by atoms with Crippen molar-refractivity contribution >= 4 is 29.1 Å². The van der Waals surface area contributed by atoms with Gasteiger partial charge in [0.25, 0.3) is 0 Å². The first-order chi connectivity index (χ1) is 11.6. The maximum atomic E-state index is 12.5. The summed E-state index contributed by atoms with van der Waals surface area (Å²) in [5.41, 5.74) is 0. The highest BCUT2D eigenvalue weighted by molar-refractivity contribution is 6.34. The first-order valence-corrected chi connectivity index (χ1v) is 9.46. The summed E-state index contributed by atoms with van der Waals surface area (Å²) in [6.45, 7) is 4.18. The number of carbonyl (C=O) groups excluding carboxylic acids is 1. The summed E-state index contributed by atoms with van der Waals surface area (Å²) in [4.78, 5) is 14.6. The number of amides is 1. The second-order valence-electron chi connectivity index (χ2n) is 6.73. The van der Waals surface area contributed by atoms with E-state index < -0.39 is 0 Å². The van der Waals surface area contributed by atoms with Crippen LogP contribution in [0.2, 0.25) is 10.0 Å². The van der Waals surface area contributed by atoms with Crippen LogP contribution in [0.5, 0.6) is 5.75 Å². The molecule has 1 unspecified atom stereocenters. The Morgan fingerprint density at radius 3 is 2.50 bits per heavy atom. The first kappa shape index (κ1) is 17.8. The molecule has 1 atom stereocenters. The van der Waals surface area contributed by atoms with Crippen molar-refractivity contribution in [3.05, 3.63) is 28.2 Å². The topological polar surface area (TPSA) is 41.6 Å². The van der Waals surface area contributed by atoms with E-state index in [1.165, 1.54) is 0 Å². The Balaban J connectivity index is 1.44. The predicted molar refractivity (Wildman–Crippen MR) is 96.9 cm³/mol. The molecule has 4 nitrogen and oxygen atoms in total. The molecule has 2 aliphatic rings. The highest BCUT2D eigenvalue weighted by atomic mass is 35.5. The van der Waals surface area contributed by atoms with Gasteiger partial charge in [-0.2, -0.15) is 0 Å². The van der Waals surface area contributed by atoms with Gasteiger partial charge in [-0.1, -0.05) is 23.2 Å². The van der Waals surface area contributed by atoms with Crippen LogP contribution in [0.25, 0.3) is 0 Å². The van der Waals surface area contributed by atoms with E-state index in [0.717, 1.165) is 51.9 Å². The Morgan fingerprint density at radius 2 is 1.88 bits per heavy atom. The maximum absolute atomic E-state index is 12.5. The lowest BCUT2D eigenvalue weighted by atomic mass is 9.94. The number of rotatable bonds is 4. The molecule has 2 saturated heterocycles. The second kappa shape index (κ2) is 8.41. The molecule has 2 fully saturated rings. The van der Waals surface area contributed by atoms with Crippen molar-refractivity contribution in [2.75, 3.05) is 32.8 Å². The summed E-state index contributed by atoms with van der Waals surface area (Å²) in [6.07, 6.45) is 4.09. The Labute approximate surface area is 153 Å².